The van der Waals surface area contributed by atoms with Crippen molar-refractivity contribution in [3.63, 3.8) is 0 Å². The number of amides is 1. The van der Waals surface area contributed by atoms with E-state index in [0.717, 1.165) is 0 Å². The first kappa shape index (κ1) is 19.8. The molecule has 0 radical (unpaired) electrons. The van der Waals surface area contributed by atoms with Gasteiger partial charge in [0.15, 0.2) is 0 Å². The Labute approximate surface area is 147 Å². The number of carbonyl (C=O) groups excluding carboxylic acids is 1. The summed E-state index contributed by atoms with van der Waals surface area (Å²) in [5.74, 6) is -1.16. The van der Waals surface area contributed by atoms with Gasteiger partial charge in [-0.2, -0.15) is 13.2 Å². The molecule has 1 aromatic heterocycles. The zero-order valence-corrected chi connectivity index (χ0v) is 14.4. The van der Waals surface area contributed by atoms with Crippen molar-refractivity contribution >= 4 is 22.6 Å². The molecule has 0 fully saturated rings. The number of nitrogens with two attached hydrogens (primary N) is 1. The van der Waals surface area contributed by atoms with Crippen molar-refractivity contribution in [2.24, 2.45) is 5.73 Å². The number of carbonyl (C=O) groups is 1. The van der Waals surface area contributed by atoms with Crippen LogP contribution in [0.15, 0.2) is 27.4 Å². The van der Waals surface area contributed by atoms with E-state index < -0.39 is 28.8 Å². The highest BCUT2D eigenvalue weighted by molar-refractivity contribution is 6.00. The lowest BCUT2D eigenvalue weighted by Crippen LogP contribution is -2.34. The second-order valence-electron chi connectivity index (χ2n) is 5.53. The Morgan fingerprint density at radius 2 is 1.92 bits per heavy atom. The number of nitrogens with zero attached hydrogens (tertiary/aromatic N) is 1. The molecule has 0 spiro atoms. The van der Waals surface area contributed by atoms with Crippen LogP contribution in [0.1, 0.15) is 29.8 Å². The van der Waals surface area contributed by atoms with Crippen LogP contribution in [0.2, 0.25) is 0 Å². The van der Waals surface area contributed by atoms with Crippen molar-refractivity contribution in [3.05, 3.63) is 39.7 Å². The first-order valence-electron chi connectivity index (χ1n) is 8.15. The molecule has 0 bridgehead atoms. The largest absolute Gasteiger partial charge is 0.422 e. The third-order valence-electron chi connectivity index (χ3n) is 3.96. The standard InChI is InChI=1S/C17H20F3N3O3/c1-3-23(4-2)10-5-6-11-12(9-10)26-16(25)13(14(11)17(18,19)20)15(24)22-8-7-21/h5-6,9H,3-4,7-8,21H2,1-2H3,(H,22,24). The monoisotopic (exact) mass is 371 g/mol. The molecule has 0 aliphatic carbocycles. The van der Waals surface area contributed by atoms with Crippen molar-refractivity contribution < 1.29 is 22.4 Å². The van der Waals surface area contributed by atoms with Gasteiger partial charge in [-0.15, -0.1) is 0 Å². The van der Waals surface area contributed by atoms with E-state index in [4.69, 9.17) is 10.2 Å². The molecule has 1 amide bonds. The van der Waals surface area contributed by atoms with Crippen molar-refractivity contribution in [1.29, 1.82) is 0 Å². The Balaban J connectivity index is 2.75. The third kappa shape index (κ3) is 3.82. The van der Waals surface area contributed by atoms with E-state index in [1.807, 2.05) is 18.7 Å². The molecule has 1 aromatic carbocycles. The third-order valence-corrected chi connectivity index (χ3v) is 3.96. The molecule has 1 heterocycles. The van der Waals surface area contributed by atoms with Gasteiger partial charge in [-0.3, -0.25) is 4.79 Å². The molecule has 9 heteroatoms. The summed E-state index contributed by atoms with van der Waals surface area (Å²) in [7, 11) is 0. The van der Waals surface area contributed by atoms with Gasteiger partial charge in [-0.05, 0) is 26.0 Å². The Morgan fingerprint density at radius 3 is 2.46 bits per heavy atom. The Hall–Kier alpha value is -2.55. The van der Waals surface area contributed by atoms with E-state index in [2.05, 4.69) is 5.32 Å². The van der Waals surface area contributed by atoms with Crippen molar-refractivity contribution in [2.75, 3.05) is 31.1 Å². The highest BCUT2D eigenvalue weighted by Crippen LogP contribution is 2.37. The number of hydrogen-bond acceptors (Lipinski definition) is 5. The molecule has 142 valence electrons. The van der Waals surface area contributed by atoms with Crippen LogP contribution < -0.4 is 21.6 Å². The summed E-state index contributed by atoms with van der Waals surface area (Å²) >= 11 is 0. The molecule has 0 saturated heterocycles. The minimum absolute atomic E-state index is 0.0270. The van der Waals surface area contributed by atoms with Crippen LogP contribution >= 0.6 is 0 Å². The summed E-state index contributed by atoms with van der Waals surface area (Å²) in [6.07, 6.45) is -4.90. The first-order chi connectivity index (χ1) is 12.2. The molecule has 0 unspecified atom stereocenters. The minimum atomic E-state index is -4.90. The summed E-state index contributed by atoms with van der Waals surface area (Å²) in [6.45, 7) is 5.04. The zero-order chi connectivity index (χ0) is 19.5. The van der Waals surface area contributed by atoms with Gasteiger partial charge in [-0.1, -0.05) is 0 Å². The Bertz CT molecular complexity index is 858. The number of hydrogen-bond donors (Lipinski definition) is 2. The summed E-state index contributed by atoms with van der Waals surface area (Å²) in [6, 6.07) is 4.10. The molecular formula is C17H20F3N3O3. The lowest BCUT2D eigenvalue weighted by molar-refractivity contribution is -0.136. The Kier molecular flexibility index (Phi) is 5.91. The minimum Gasteiger partial charge on any atom is -0.422 e. The predicted octanol–water partition coefficient (Wildman–Crippen LogP) is 2.35. The van der Waals surface area contributed by atoms with Gasteiger partial charge in [-0.25, -0.2) is 4.79 Å². The maximum Gasteiger partial charge on any atom is 0.418 e. The van der Waals surface area contributed by atoms with Crippen LogP contribution in [0.5, 0.6) is 0 Å². The fourth-order valence-corrected chi connectivity index (χ4v) is 2.75. The van der Waals surface area contributed by atoms with Crippen LogP contribution in [0, 0.1) is 0 Å². The summed E-state index contributed by atoms with van der Waals surface area (Å²) in [5, 5.41) is 1.84. The Morgan fingerprint density at radius 1 is 1.27 bits per heavy atom. The molecule has 2 rings (SSSR count). The average Bonchev–Trinajstić information content (AvgIpc) is 2.58. The predicted molar refractivity (Wildman–Crippen MR) is 92.4 cm³/mol. The fourth-order valence-electron chi connectivity index (χ4n) is 2.75. The van der Waals surface area contributed by atoms with Crippen LogP contribution in [-0.4, -0.2) is 32.1 Å². The number of anilines is 1. The van der Waals surface area contributed by atoms with Crippen molar-refractivity contribution in [1.82, 2.24) is 5.32 Å². The zero-order valence-electron chi connectivity index (χ0n) is 14.4. The molecule has 0 aliphatic rings. The first-order valence-corrected chi connectivity index (χ1v) is 8.15. The average molecular weight is 371 g/mol. The van der Waals surface area contributed by atoms with E-state index in [9.17, 15) is 22.8 Å². The maximum absolute atomic E-state index is 13.6. The van der Waals surface area contributed by atoms with Gasteiger partial charge in [0, 0.05) is 43.3 Å². The van der Waals surface area contributed by atoms with E-state index in [0.29, 0.717) is 18.8 Å². The lowest BCUT2D eigenvalue weighted by Gasteiger charge is -2.21. The molecule has 0 atom stereocenters. The van der Waals surface area contributed by atoms with Crippen molar-refractivity contribution in [3.8, 4) is 0 Å². The molecule has 0 aliphatic heterocycles. The number of alkyl halides is 3. The van der Waals surface area contributed by atoms with Crippen LogP contribution in [0.3, 0.4) is 0 Å². The molecule has 6 nitrogen and oxygen atoms in total. The van der Waals surface area contributed by atoms with Gasteiger partial charge in [0.05, 0.1) is 5.56 Å². The number of benzene rings is 1. The molecule has 26 heavy (non-hydrogen) atoms. The van der Waals surface area contributed by atoms with E-state index in [-0.39, 0.29) is 24.1 Å². The highest BCUT2D eigenvalue weighted by atomic mass is 19.4. The van der Waals surface area contributed by atoms with E-state index in [1.54, 1.807) is 0 Å². The quantitative estimate of drug-likeness (QED) is 0.761. The highest BCUT2D eigenvalue weighted by Gasteiger charge is 2.40. The molecular weight excluding hydrogens is 351 g/mol. The molecule has 2 aromatic rings. The van der Waals surface area contributed by atoms with Crippen LogP contribution in [0.4, 0.5) is 18.9 Å². The number of nitrogens with one attached hydrogen (secondary N) is 1. The van der Waals surface area contributed by atoms with Gasteiger partial charge < -0.3 is 20.4 Å². The molecule has 0 saturated carbocycles. The van der Waals surface area contributed by atoms with Crippen LogP contribution in [0.25, 0.3) is 11.0 Å². The summed E-state index contributed by atoms with van der Waals surface area (Å²) in [4.78, 5) is 26.1. The molecule has 3 N–H and O–H groups in total. The smallest absolute Gasteiger partial charge is 0.418 e. The maximum atomic E-state index is 13.6. The number of fused-ring (bicyclic) bond motifs is 1. The van der Waals surface area contributed by atoms with E-state index in [1.165, 1.54) is 18.2 Å². The van der Waals surface area contributed by atoms with Crippen molar-refractivity contribution in [2.45, 2.75) is 20.0 Å². The van der Waals surface area contributed by atoms with Gasteiger partial charge >= 0.3 is 11.8 Å². The topological polar surface area (TPSA) is 88.6 Å². The number of rotatable bonds is 6. The number of halogens is 3. The van der Waals surface area contributed by atoms with Gasteiger partial charge in [0.25, 0.3) is 5.91 Å². The normalized spacial score (nSPS) is 11.6. The SMILES string of the molecule is CCN(CC)c1ccc2c(C(F)(F)F)c(C(=O)NCCN)c(=O)oc2c1. The second-order valence-corrected chi connectivity index (χ2v) is 5.53. The van der Waals surface area contributed by atoms with Gasteiger partial charge in [0.2, 0.25) is 0 Å². The summed E-state index contributed by atoms with van der Waals surface area (Å²) in [5.41, 5.74) is 1.94. The second kappa shape index (κ2) is 7.77. The summed E-state index contributed by atoms with van der Waals surface area (Å²) < 4.78 is 45.9. The lowest BCUT2D eigenvalue weighted by atomic mass is 10.0. The van der Waals surface area contributed by atoms with E-state index >= 15 is 0 Å². The van der Waals surface area contributed by atoms with Gasteiger partial charge in [0.1, 0.15) is 11.1 Å². The fraction of sp³-hybridized carbons (Fsp3) is 0.412. The van der Waals surface area contributed by atoms with Crippen LogP contribution in [-0.2, 0) is 6.18 Å².